The Hall–Kier alpha value is -1.30. The molecule has 0 aliphatic heterocycles. The van der Waals surface area contributed by atoms with Gasteiger partial charge in [-0.25, -0.2) is 9.47 Å². The summed E-state index contributed by atoms with van der Waals surface area (Å²) in [6, 6.07) is 0. The maximum Gasteiger partial charge on any atom is 0.350 e. The molecule has 0 saturated carbocycles. The first-order valence-corrected chi connectivity index (χ1v) is 6.53. The smallest absolute Gasteiger partial charge is 0.350 e. The van der Waals surface area contributed by atoms with Crippen LogP contribution in [0, 0.1) is 6.92 Å². The van der Waals surface area contributed by atoms with Crippen LogP contribution in [0.15, 0.2) is 4.79 Å². The molecule has 0 radical (unpaired) electrons. The van der Waals surface area contributed by atoms with E-state index >= 15 is 0 Å². The van der Waals surface area contributed by atoms with Crippen molar-refractivity contribution < 1.29 is 9.53 Å². The lowest BCUT2D eigenvalue weighted by Crippen LogP contribution is -2.40. The fourth-order valence-corrected chi connectivity index (χ4v) is 2.55. The van der Waals surface area contributed by atoms with E-state index in [0.29, 0.717) is 17.2 Å². The van der Waals surface area contributed by atoms with Gasteiger partial charge in [-0.3, -0.25) is 4.79 Å². The van der Waals surface area contributed by atoms with Crippen molar-refractivity contribution >= 4 is 17.3 Å². The molecule has 5 nitrogen and oxygen atoms in total. The quantitative estimate of drug-likeness (QED) is 0.749. The van der Waals surface area contributed by atoms with E-state index < -0.39 is 5.97 Å². The lowest BCUT2D eigenvalue weighted by atomic mass is 10.4. The van der Waals surface area contributed by atoms with Crippen molar-refractivity contribution in [1.82, 2.24) is 4.68 Å². The molecule has 0 aliphatic carbocycles. The van der Waals surface area contributed by atoms with Gasteiger partial charge < -0.3 is 9.75 Å². The van der Waals surface area contributed by atoms with Gasteiger partial charge in [0, 0.05) is 13.1 Å². The Labute approximate surface area is 105 Å². The second-order valence-electron chi connectivity index (χ2n) is 3.45. The summed E-state index contributed by atoms with van der Waals surface area (Å²) in [5.74, 6) is -0.419. The number of ether oxygens (including phenoxy) is 1. The third-order valence-corrected chi connectivity index (χ3v) is 3.50. The van der Waals surface area contributed by atoms with E-state index in [9.17, 15) is 9.59 Å². The molecule has 1 aromatic heterocycles. The van der Waals surface area contributed by atoms with Crippen molar-refractivity contribution in [3.05, 3.63) is 20.2 Å². The Morgan fingerprint density at radius 3 is 2.41 bits per heavy atom. The van der Waals surface area contributed by atoms with Crippen molar-refractivity contribution in [3.8, 4) is 0 Å². The zero-order valence-corrected chi connectivity index (χ0v) is 11.5. The minimum absolute atomic E-state index is 0.144. The van der Waals surface area contributed by atoms with Crippen LogP contribution in [0.5, 0.6) is 0 Å². The molecule has 0 saturated heterocycles. The van der Waals surface area contributed by atoms with Crippen LogP contribution in [0.1, 0.15) is 36.1 Å². The Kier molecular flexibility index (Phi) is 4.74. The fourth-order valence-electron chi connectivity index (χ4n) is 1.66. The van der Waals surface area contributed by atoms with E-state index in [1.807, 2.05) is 18.9 Å². The van der Waals surface area contributed by atoms with Crippen LogP contribution in [0.2, 0.25) is 0 Å². The van der Waals surface area contributed by atoms with Crippen LogP contribution < -0.4 is 9.88 Å². The molecule has 6 heteroatoms. The minimum atomic E-state index is -0.419. The normalized spacial score (nSPS) is 10.4. The summed E-state index contributed by atoms with van der Waals surface area (Å²) in [4.78, 5) is 23.8. The lowest BCUT2D eigenvalue weighted by molar-refractivity contribution is 0.0530. The molecule has 1 heterocycles. The number of esters is 1. The number of hydrogen-bond donors (Lipinski definition) is 0. The van der Waals surface area contributed by atoms with Crippen LogP contribution >= 0.6 is 11.3 Å². The average Bonchev–Trinajstić information content (AvgIpc) is 2.59. The van der Waals surface area contributed by atoms with Gasteiger partial charge in [0.2, 0.25) is 0 Å². The first kappa shape index (κ1) is 13.8. The predicted octanol–water partition coefficient (Wildman–Crippen LogP) is 1.37. The number of nitrogens with zero attached hydrogens (tertiary/aromatic N) is 2. The van der Waals surface area contributed by atoms with Crippen LogP contribution in [0.4, 0.5) is 0 Å². The van der Waals surface area contributed by atoms with E-state index in [1.165, 1.54) is 0 Å². The minimum Gasteiger partial charge on any atom is -0.462 e. The molecule has 0 unspecified atom stereocenters. The number of carbonyl (C=O) groups is 1. The second-order valence-corrected chi connectivity index (χ2v) is 4.42. The maximum atomic E-state index is 11.9. The summed E-state index contributed by atoms with van der Waals surface area (Å²) in [5.41, 5.74) is 0.655. The van der Waals surface area contributed by atoms with E-state index in [2.05, 4.69) is 0 Å². The highest BCUT2D eigenvalue weighted by molar-refractivity contribution is 7.11. The summed E-state index contributed by atoms with van der Waals surface area (Å²) < 4.78 is 6.48. The number of rotatable bonds is 5. The Morgan fingerprint density at radius 2 is 1.94 bits per heavy atom. The summed E-state index contributed by atoms with van der Waals surface area (Å²) in [5, 5.41) is 1.89. The zero-order chi connectivity index (χ0) is 13.0. The standard InChI is InChI=1S/C11H18N2O3S/c1-5-12(6-2)13-8(4)9(17-11(13)15)10(14)16-7-3/h5-7H2,1-4H3. The molecule has 1 rings (SSSR count). The van der Waals surface area contributed by atoms with Crippen LogP contribution in [0.3, 0.4) is 0 Å². The summed E-state index contributed by atoms with van der Waals surface area (Å²) in [7, 11) is 0. The van der Waals surface area contributed by atoms with Crippen LogP contribution in [-0.2, 0) is 4.74 Å². The molecule has 17 heavy (non-hydrogen) atoms. The molecule has 0 aromatic carbocycles. The molecule has 96 valence electrons. The summed E-state index contributed by atoms with van der Waals surface area (Å²) >= 11 is 0.939. The van der Waals surface area contributed by atoms with Crippen molar-refractivity contribution in [2.75, 3.05) is 24.7 Å². The molecule has 0 spiro atoms. The highest BCUT2D eigenvalue weighted by atomic mass is 32.1. The van der Waals surface area contributed by atoms with Crippen LogP contribution in [0.25, 0.3) is 0 Å². The highest BCUT2D eigenvalue weighted by Gasteiger charge is 2.20. The van der Waals surface area contributed by atoms with Gasteiger partial charge in [0.25, 0.3) is 0 Å². The average molecular weight is 258 g/mol. The third kappa shape index (κ3) is 2.69. The third-order valence-electron chi connectivity index (χ3n) is 2.48. The van der Waals surface area contributed by atoms with E-state index in [1.54, 1.807) is 18.5 Å². The SMILES string of the molecule is CCOC(=O)c1sc(=O)n(N(CC)CC)c1C. The highest BCUT2D eigenvalue weighted by Crippen LogP contribution is 2.13. The van der Waals surface area contributed by atoms with Gasteiger partial charge in [-0.05, 0) is 27.7 Å². The van der Waals surface area contributed by atoms with Crippen molar-refractivity contribution in [2.45, 2.75) is 27.7 Å². The van der Waals surface area contributed by atoms with Gasteiger partial charge in [-0.1, -0.05) is 11.3 Å². The van der Waals surface area contributed by atoms with E-state index in [4.69, 9.17) is 4.74 Å². The fraction of sp³-hybridized carbons (Fsp3) is 0.636. The van der Waals surface area contributed by atoms with E-state index in [-0.39, 0.29) is 4.87 Å². The van der Waals surface area contributed by atoms with Crippen molar-refractivity contribution in [1.29, 1.82) is 0 Å². The molecule has 0 bridgehead atoms. The van der Waals surface area contributed by atoms with Crippen LogP contribution in [-0.4, -0.2) is 30.3 Å². The van der Waals surface area contributed by atoms with Gasteiger partial charge in [-0.2, -0.15) is 0 Å². The molecular formula is C11H18N2O3S. The second kappa shape index (κ2) is 5.86. The number of aromatic nitrogens is 1. The monoisotopic (exact) mass is 258 g/mol. The molecule has 0 amide bonds. The number of carbonyl (C=O) groups excluding carboxylic acids is 1. The number of hydrogen-bond acceptors (Lipinski definition) is 5. The lowest BCUT2D eigenvalue weighted by Gasteiger charge is -2.22. The maximum absolute atomic E-state index is 11.9. The number of thiazole rings is 1. The molecule has 1 aromatic rings. The van der Waals surface area contributed by atoms with Gasteiger partial charge in [0.15, 0.2) is 0 Å². The van der Waals surface area contributed by atoms with Gasteiger partial charge in [0.1, 0.15) is 4.88 Å². The Balaban J connectivity index is 3.18. The first-order valence-electron chi connectivity index (χ1n) is 5.71. The van der Waals surface area contributed by atoms with Crippen molar-refractivity contribution in [2.24, 2.45) is 0 Å². The molecule has 0 atom stereocenters. The zero-order valence-electron chi connectivity index (χ0n) is 10.6. The van der Waals surface area contributed by atoms with Gasteiger partial charge >= 0.3 is 10.8 Å². The molecule has 0 aliphatic rings. The van der Waals surface area contributed by atoms with Gasteiger partial charge in [0.05, 0.1) is 12.3 Å². The topological polar surface area (TPSA) is 51.5 Å². The summed E-state index contributed by atoms with van der Waals surface area (Å²) in [6.07, 6.45) is 0. The Morgan fingerprint density at radius 1 is 1.35 bits per heavy atom. The Bertz CT molecular complexity index is 446. The predicted molar refractivity (Wildman–Crippen MR) is 68.6 cm³/mol. The first-order chi connectivity index (χ1) is 8.06. The molecule has 0 N–H and O–H groups in total. The van der Waals surface area contributed by atoms with Crippen molar-refractivity contribution in [3.63, 3.8) is 0 Å². The van der Waals surface area contributed by atoms with Gasteiger partial charge in [-0.15, -0.1) is 0 Å². The molecular weight excluding hydrogens is 240 g/mol. The largest absolute Gasteiger partial charge is 0.462 e. The summed E-state index contributed by atoms with van der Waals surface area (Å²) in [6.45, 7) is 9.20. The van der Waals surface area contributed by atoms with E-state index in [0.717, 1.165) is 24.4 Å². The molecule has 0 fully saturated rings.